The van der Waals surface area contributed by atoms with Gasteiger partial charge in [-0.1, -0.05) is 0 Å². The third-order valence-electron chi connectivity index (χ3n) is 3.91. The van der Waals surface area contributed by atoms with E-state index in [1.807, 2.05) is 0 Å². The number of nitrogens with one attached hydrogen (secondary N) is 1. The van der Waals surface area contributed by atoms with Gasteiger partial charge < -0.3 is 15.0 Å². The van der Waals surface area contributed by atoms with Crippen LogP contribution < -0.4 is 10.2 Å². The maximum Gasteiger partial charge on any atom is 0.323 e. The van der Waals surface area contributed by atoms with Gasteiger partial charge in [0.25, 0.3) is 6.43 Å². The zero-order chi connectivity index (χ0) is 17.1. The first-order valence-electron chi connectivity index (χ1n) is 7.72. The molecule has 0 aromatic carbocycles. The Balaban J connectivity index is 1.60. The molecule has 2 saturated heterocycles. The van der Waals surface area contributed by atoms with E-state index in [2.05, 4.69) is 10.3 Å². The van der Waals surface area contributed by atoms with Crippen molar-refractivity contribution < 1.29 is 23.1 Å². The van der Waals surface area contributed by atoms with Crippen LogP contribution in [0.1, 0.15) is 12.1 Å². The van der Waals surface area contributed by atoms with Crippen LogP contribution in [0.4, 0.5) is 18.7 Å². The molecule has 7 nitrogen and oxygen atoms in total. The van der Waals surface area contributed by atoms with Crippen LogP contribution in [0.15, 0.2) is 5.38 Å². The Morgan fingerprint density at radius 1 is 1.50 bits per heavy atom. The Labute approximate surface area is 141 Å². The SMILES string of the molecule is O=C(Cc1csc(N2CCCNC2=O)n1)N1CCOC(C(F)F)C1. The van der Waals surface area contributed by atoms with Crippen LogP contribution >= 0.6 is 11.3 Å². The minimum absolute atomic E-state index is 0.0297. The molecule has 2 fully saturated rings. The van der Waals surface area contributed by atoms with Crippen molar-refractivity contribution in [2.24, 2.45) is 0 Å². The first-order chi connectivity index (χ1) is 11.5. The number of morpholine rings is 1. The number of rotatable bonds is 4. The standard InChI is InChI=1S/C14H18F2N4O3S/c15-12(16)10-7-19(4-5-23-10)11(21)6-9-8-24-14(18-9)20-3-1-2-17-13(20)22/h8,10,12H,1-7H2,(H,17,22). The molecule has 2 aliphatic rings. The molecule has 0 aliphatic carbocycles. The van der Waals surface area contributed by atoms with E-state index in [0.717, 1.165) is 6.42 Å². The number of urea groups is 1. The maximum absolute atomic E-state index is 12.7. The van der Waals surface area contributed by atoms with E-state index in [0.29, 0.717) is 30.5 Å². The zero-order valence-corrected chi connectivity index (χ0v) is 13.7. The van der Waals surface area contributed by atoms with Crippen LogP contribution in [0.3, 0.4) is 0 Å². The largest absolute Gasteiger partial charge is 0.369 e. The molecule has 3 heterocycles. The number of anilines is 1. The summed E-state index contributed by atoms with van der Waals surface area (Å²) in [7, 11) is 0. The molecule has 1 aromatic rings. The second-order valence-corrected chi connectivity index (χ2v) is 6.46. The Hall–Kier alpha value is -1.81. The summed E-state index contributed by atoms with van der Waals surface area (Å²) in [5.41, 5.74) is 0.540. The summed E-state index contributed by atoms with van der Waals surface area (Å²) < 4.78 is 30.4. The molecule has 10 heteroatoms. The molecule has 0 spiro atoms. The number of amides is 3. The summed E-state index contributed by atoms with van der Waals surface area (Å²) in [6, 6.07) is -0.193. The minimum Gasteiger partial charge on any atom is -0.369 e. The lowest BCUT2D eigenvalue weighted by atomic mass is 10.2. The molecular formula is C14H18F2N4O3S. The van der Waals surface area contributed by atoms with Crippen molar-refractivity contribution in [2.45, 2.75) is 25.4 Å². The molecule has 3 rings (SSSR count). The minimum atomic E-state index is -2.61. The van der Waals surface area contributed by atoms with E-state index in [9.17, 15) is 18.4 Å². The molecule has 0 saturated carbocycles. The Bertz CT molecular complexity index is 613. The summed E-state index contributed by atoms with van der Waals surface area (Å²) in [6.07, 6.45) is -2.97. The van der Waals surface area contributed by atoms with Gasteiger partial charge in [-0.25, -0.2) is 18.6 Å². The van der Waals surface area contributed by atoms with Gasteiger partial charge in [-0.3, -0.25) is 9.69 Å². The molecule has 1 N–H and O–H groups in total. The number of ether oxygens (including phenoxy) is 1. The van der Waals surface area contributed by atoms with Crippen molar-refractivity contribution in [3.05, 3.63) is 11.1 Å². The average molecular weight is 360 g/mol. The number of halogens is 2. The van der Waals surface area contributed by atoms with Crippen molar-refractivity contribution in [2.75, 3.05) is 37.7 Å². The predicted octanol–water partition coefficient (Wildman–Crippen LogP) is 1.10. The van der Waals surface area contributed by atoms with Crippen LogP contribution in [0.2, 0.25) is 0 Å². The van der Waals surface area contributed by atoms with Crippen molar-refractivity contribution in [1.82, 2.24) is 15.2 Å². The molecule has 0 bridgehead atoms. The smallest absolute Gasteiger partial charge is 0.323 e. The molecule has 0 radical (unpaired) electrons. The van der Waals surface area contributed by atoms with Crippen LogP contribution in [0.5, 0.6) is 0 Å². The highest BCUT2D eigenvalue weighted by atomic mass is 32.1. The third kappa shape index (κ3) is 3.81. The van der Waals surface area contributed by atoms with E-state index >= 15 is 0 Å². The van der Waals surface area contributed by atoms with E-state index in [1.54, 1.807) is 10.3 Å². The monoisotopic (exact) mass is 360 g/mol. The van der Waals surface area contributed by atoms with Crippen LogP contribution in [-0.4, -0.2) is 67.1 Å². The van der Waals surface area contributed by atoms with Gasteiger partial charge in [-0.15, -0.1) is 11.3 Å². The summed E-state index contributed by atoms with van der Waals surface area (Å²) in [4.78, 5) is 31.3. The second-order valence-electron chi connectivity index (χ2n) is 5.62. The summed E-state index contributed by atoms with van der Waals surface area (Å²) in [6.45, 7) is 1.53. The van der Waals surface area contributed by atoms with Gasteiger partial charge in [0, 0.05) is 25.0 Å². The normalized spacial score (nSPS) is 22.0. The lowest BCUT2D eigenvalue weighted by Gasteiger charge is -2.32. The first kappa shape index (κ1) is 17.0. The summed E-state index contributed by atoms with van der Waals surface area (Å²) >= 11 is 1.29. The lowest BCUT2D eigenvalue weighted by molar-refractivity contribution is -0.145. The summed E-state index contributed by atoms with van der Waals surface area (Å²) in [5, 5.41) is 5.01. The molecule has 1 unspecified atom stereocenters. The molecule has 132 valence electrons. The molecule has 1 aromatic heterocycles. The molecular weight excluding hydrogens is 342 g/mol. The van der Waals surface area contributed by atoms with E-state index in [1.165, 1.54) is 16.2 Å². The summed E-state index contributed by atoms with van der Waals surface area (Å²) in [5.74, 6) is -0.260. The van der Waals surface area contributed by atoms with E-state index in [4.69, 9.17) is 4.74 Å². The fourth-order valence-corrected chi connectivity index (χ4v) is 3.48. The van der Waals surface area contributed by atoms with Gasteiger partial charge in [-0.2, -0.15) is 0 Å². The van der Waals surface area contributed by atoms with Gasteiger partial charge in [0.1, 0.15) is 6.10 Å². The van der Waals surface area contributed by atoms with Crippen LogP contribution in [0.25, 0.3) is 0 Å². The predicted molar refractivity (Wildman–Crippen MR) is 83.5 cm³/mol. The van der Waals surface area contributed by atoms with E-state index in [-0.39, 0.29) is 31.5 Å². The zero-order valence-electron chi connectivity index (χ0n) is 12.9. The van der Waals surface area contributed by atoms with Crippen molar-refractivity contribution >= 4 is 28.4 Å². The van der Waals surface area contributed by atoms with Crippen molar-refractivity contribution in [1.29, 1.82) is 0 Å². The number of aromatic nitrogens is 1. The number of hydrogen-bond acceptors (Lipinski definition) is 5. The van der Waals surface area contributed by atoms with Crippen molar-refractivity contribution in [3.8, 4) is 0 Å². The number of thiazole rings is 1. The first-order valence-corrected chi connectivity index (χ1v) is 8.60. The van der Waals surface area contributed by atoms with Crippen molar-refractivity contribution in [3.63, 3.8) is 0 Å². The molecule has 2 aliphatic heterocycles. The second kappa shape index (κ2) is 7.39. The highest BCUT2D eigenvalue weighted by Gasteiger charge is 2.30. The average Bonchev–Trinajstić information content (AvgIpc) is 3.03. The number of nitrogens with zero attached hydrogens (tertiary/aromatic N) is 3. The Morgan fingerprint density at radius 2 is 2.33 bits per heavy atom. The van der Waals surface area contributed by atoms with Gasteiger partial charge in [0.2, 0.25) is 5.91 Å². The number of hydrogen-bond donors (Lipinski definition) is 1. The number of alkyl halides is 2. The highest BCUT2D eigenvalue weighted by Crippen LogP contribution is 2.23. The maximum atomic E-state index is 12.7. The van der Waals surface area contributed by atoms with Crippen LogP contribution in [0, 0.1) is 0 Å². The molecule has 1 atom stereocenters. The third-order valence-corrected chi connectivity index (χ3v) is 4.82. The quantitative estimate of drug-likeness (QED) is 0.873. The van der Waals surface area contributed by atoms with E-state index < -0.39 is 12.5 Å². The number of carbonyl (C=O) groups is 2. The number of carbonyl (C=O) groups excluding carboxylic acids is 2. The topological polar surface area (TPSA) is 74.8 Å². The van der Waals surface area contributed by atoms with Gasteiger partial charge in [-0.05, 0) is 6.42 Å². The fourth-order valence-electron chi connectivity index (χ4n) is 2.63. The fraction of sp³-hybridized carbons (Fsp3) is 0.643. The van der Waals surface area contributed by atoms with Gasteiger partial charge in [0.05, 0.1) is 25.3 Å². The van der Waals surface area contributed by atoms with Gasteiger partial charge in [0.15, 0.2) is 5.13 Å². The highest BCUT2D eigenvalue weighted by molar-refractivity contribution is 7.14. The van der Waals surface area contributed by atoms with Gasteiger partial charge >= 0.3 is 6.03 Å². The Kier molecular flexibility index (Phi) is 5.24. The Morgan fingerprint density at radius 3 is 3.08 bits per heavy atom. The molecule has 3 amide bonds. The van der Waals surface area contributed by atoms with Crippen LogP contribution in [-0.2, 0) is 16.0 Å². The lowest BCUT2D eigenvalue weighted by Crippen LogP contribution is -2.48. The molecule has 24 heavy (non-hydrogen) atoms.